The smallest absolute Gasteiger partial charge is 0.260 e. The second-order valence-corrected chi connectivity index (χ2v) is 9.27. The third kappa shape index (κ3) is 4.01. The number of rotatable bonds is 4. The first-order chi connectivity index (χ1) is 17.8. The third-order valence-electron chi connectivity index (χ3n) is 6.74. The lowest BCUT2D eigenvalue weighted by molar-refractivity contribution is -0.128. The number of hydrogen-bond acceptors (Lipinski definition) is 6. The van der Waals surface area contributed by atoms with E-state index in [1.54, 1.807) is 33.8 Å². The zero-order valence-electron chi connectivity index (χ0n) is 20.6. The van der Waals surface area contributed by atoms with Crippen LogP contribution in [0, 0.1) is 12.7 Å². The topological polar surface area (TPSA) is 89.8 Å². The largest absolute Gasteiger partial charge is 0.496 e. The molecule has 0 radical (unpaired) electrons. The molecule has 5 rings (SSSR count). The predicted octanol–water partition coefficient (Wildman–Crippen LogP) is 3.49. The molecule has 1 fully saturated rings. The van der Waals surface area contributed by atoms with Crippen molar-refractivity contribution in [2.75, 3.05) is 33.4 Å². The van der Waals surface area contributed by atoms with Crippen molar-refractivity contribution in [3.63, 3.8) is 0 Å². The first-order valence-corrected chi connectivity index (χ1v) is 12.0. The summed E-state index contributed by atoms with van der Waals surface area (Å²) >= 11 is 6.83. The Balaban J connectivity index is 1.74. The van der Waals surface area contributed by atoms with Crippen LogP contribution in [0.5, 0.6) is 11.5 Å². The van der Waals surface area contributed by atoms with Gasteiger partial charge >= 0.3 is 0 Å². The van der Waals surface area contributed by atoms with Gasteiger partial charge in [-0.3, -0.25) is 14.3 Å². The highest BCUT2D eigenvalue weighted by Crippen LogP contribution is 2.46. The molecular formula is C26H25ClFN5O4. The Morgan fingerprint density at radius 3 is 2.76 bits per heavy atom. The van der Waals surface area contributed by atoms with Crippen molar-refractivity contribution in [2.24, 2.45) is 7.05 Å². The molecule has 9 nitrogen and oxygen atoms in total. The molecule has 192 valence electrons. The molecule has 1 aromatic carbocycles. The number of carbonyl (C=O) groups is 2. The van der Waals surface area contributed by atoms with E-state index in [0.717, 1.165) is 5.56 Å². The van der Waals surface area contributed by atoms with Crippen molar-refractivity contribution in [3.8, 4) is 34.1 Å². The van der Waals surface area contributed by atoms with Gasteiger partial charge in [0, 0.05) is 26.7 Å². The number of piperazine rings is 1. The van der Waals surface area contributed by atoms with Crippen LogP contribution in [0.4, 0.5) is 4.39 Å². The van der Waals surface area contributed by atoms with Crippen molar-refractivity contribution in [1.82, 2.24) is 24.6 Å². The lowest BCUT2D eigenvalue weighted by Gasteiger charge is -2.39. The molecule has 0 spiro atoms. The maximum absolute atomic E-state index is 15.2. The summed E-state index contributed by atoms with van der Waals surface area (Å²) in [6.07, 6.45) is 2.91. The SMILES string of the molecule is C=CC(=O)N1CCN2C(=O)c3c(-c4c(C)cnn4C)nc(-c4c(F)cccc4OC)c(Cl)c3OC[C@H]2C1. The Morgan fingerprint density at radius 1 is 1.30 bits per heavy atom. The van der Waals surface area contributed by atoms with Gasteiger partial charge in [-0.1, -0.05) is 24.2 Å². The second kappa shape index (κ2) is 9.51. The number of ether oxygens (including phenoxy) is 2. The molecule has 2 aliphatic rings. The molecule has 4 heterocycles. The van der Waals surface area contributed by atoms with Crippen molar-refractivity contribution in [3.05, 3.63) is 59.0 Å². The van der Waals surface area contributed by atoms with Gasteiger partial charge in [-0.25, -0.2) is 9.37 Å². The van der Waals surface area contributed by atoms with Crippen molar-refractivity contribution >= 4 is 23.4 Å². The summed E-state index contributed by atoms with van der Waals surface area (Å²) in [4.78, 5) is 34.3. The van der Waals surface area contributed by atoms with Crippen molar-refractivity contribution < 1.29 is 23.5 Å². The Morgan fingerprint density at radius 2 is 2.08 bits per heavy atom. The van der Waals surface area contributed by atoms with Gasteiger partial charge in [0.1, 0.15) is 40.1 Å². The molecule has 0 saturated carbocycles. The summed E-state index contributed by atoms with van der Waals surface area (Å²) in [5.41, 5.74) is 1.91. The fourth-order valence-corrected chi connectivity index (χ4v) is 5.21. The molecule has 1 atom stereocenters. The van der Waals surface area contributed by atoms with E-state index in [1.165, 1.54) is 25.3 Å². The number of methoxy groups -OCH3 is 1. The van der Waals surface area contributed by atoms with E-state index in [-0.39, 0.29) is 64.0 Å². The highest BCUT2D eigenvalue weighted by Gasteiger charge is 2.40. The molecule has 2 aromatic heterocycles. The van der Waals surface area contributed by atoms with E-state index in [0.29, 0.717) is 18.8 Å². The van der Waals surface area contributed by atoms with Gasteiger partial charge in [0.2, 0.25) is 5.91 Å². The Kier molecular flexibility index (Phi) is 6.36. The Hall–Kier alpha value is -3.92. The predicted molar refractivity (Wildman–Crippen MR) is 135 cm³/mol. The number of nitrogens with zero attached hydrogens (tertiary/aromatic N) is 5. The zero-order valence-corrected chi connectivity index (χ0v) is 21.4. The van der Waals surface area contributed by atoms with Crippen LogP contribution in [0.2, 0.25) is 5.02 Å². The fourth-order valence-electron chi connectivity index (χ4n) is 4.92. The first-order valence-electron chi connectivity index (χ1n) is 11.7. The number of pyridine rings is 1. The summed E-state index contributed by atoms with van der Waals surface area (Å²) in [6, 6.07) is 4.00. The minimum Gasteiger partial charge on any atom is -0.496 e. The van der Waals surface area contributed by atoms with Crippen LogP contribution in [0.15, 0.2) is 37.1 Å². The molecule has 11 heteroatoms. The van der Waals surface area contributed by atoms with Gasteiger partial charge in [0.25, 0.3) is 5.91 Å². The van der Waals surface area contributed by atoms with Crippen LogP contribution in [-0.4, -0.2) is 75.8 Å². The maximum atomic E-state index is 15.2. The molecule has 0 aliphatic carbocycles. The van der Waals surface area contributed by atoms with Crippen LogP contribution < -0.4 is 9.47 Å². The third-order valence-corrected chi connectivity index (χ3v) is 7.09. The van der Waals surface area contributed by atoms with Crippen LogP contribution in [0.1, 0.15) is 15.9 Å². The molecular weight excluding hydrogens is 501 g/mol. The average Bonchev–Trinajstić information content (AvgIpc) is 3.15. The van der Waals surface area contributed by atoms with Gasteiger partial charge in [-0.05, 0) is 30.7 Å². The molecule has 0 N–H and O–H groups in total. The number of amides is 2. The van der Waals surface area contributed by atoms with Crippen LogP contribution in [0.25, 0.3) is 22.6 Å². The number of aromatic nitrogens is 3. The van der Waals surface area contributed by atoms with E-state index in [2.05, 4.69) is 11.7 Å². The summed E-state index contributed by atoms with van der Waals surface area (Å²) in [6.45, 7) is 6.42. The molecule has 0 unspecified atom stereocenters. The second-order valence-electron chi connectivity index (χ2n) is 8.90. The summed E-state index contributed by atoms with van der Waals surface area (Å²) < 4.78 is 28.4. The molecule has 1 saturated heterocycles. The first kappa shape index (κ1) is 24.8. The van der Waals surface area contributed by atoms with E-state index >= 15 is 4.39 Å². The molecule has 0 bridgehead atoms. The molecule has 37 heavy (non-hydrogen) atoms. The van der Waals surface area contributed by atoms with Gasteiger partial charge < -0.3 is 19.3 Å². The number of fused-ring (bicyclic) bond motifs is 2. The van der Waals surface area contributed by atoms with Crippen molar-refractivity contribution in [2.45, 2.75) is 13.0 Å². The number of carbonyl (C=O) groups excluding carboxylic acids is 2. The van der Waals surface area contributed by atoms with E-state index in [4.69, 9.17) is 26.1 Å². The van der Waals surface area contributed by atoms with Gasteiger partial charge in [0.15, 0.2) is 5.75 Å². The van der Waals surface area contributed by atoms with Crippen LogP contribution in [-0.2, 0) is 11.8 Å². The highest BCUT2D eigenvalue weighted by molar-refractivity contribution is 6.35. The lowest BCUT2D eigenvalue weighted by atomic mass is 10.0. The van der Waals surface area contributed by atoms with Gasteiger partial charge in [-0.2, -0.15) is 5.10 Å². The Labute approximate surface area is 218 Å². The molecule has 3 aromatic rings. The highest BCUT2D eigenvalue weighted by atomic mass is 35.5. The quantitative estimate of drug-likeness (QED) is 0.484. The van der Waals surface area contributed by atoms with Gasteiger partial charge in [-0.15, -0.1) is 0 Å². The summed E-state index contributed by atoms with van der Waals surface area (Å²) in [5.74, 6) is -0.794. The van der Waals surface area contributed by atoms with E-state index in [1.807, 2.05) is 6.92 Å². The molecule has 2 aliphatic heterocycles. The molecule has 2 amide bonds. The summed E-state index contributed by atoms with van der Waals surface area (Å²) in [5, 5.41) is 4.31. The maximum Gasteiger partial charge on any atom is 0.260 e. The fraction of sp³-hybridized carbons (Fsp3) is 0.308. The number of hydrogen-bond donors (Lipinski definition) is 0. The van der Waals surface area contributed by atoms with Crippen LogP contribution >= 0.6 is 11.6 Å². The summed E-state index contributed by atoms with van der Waals surface area (Å²) in [7, 11) is 3.16. The van der Waals surface area contributed by atoms with E-state index in [9.17, 15) is 9.59 Å². The zero-order chi connectivity index (χ0) is 26.4. The number of benzene rings is 1. The monoisotopic (exact) mass is 525 g/mol. The van der Waals surface area contributed by atoms with Crippen LogP contribution in [0.3, 0.4) is 0 Å². The average molecular weight is 526 g/mol. The minimum atomic E-state index is -0.586. The minimum absolute atomic E-state index is 0.00538. The standard InChI is InChI=1S/C26H25ClFN5O4/c1-5-18(34)32-9-10-33-15(12-32)13-37-25-20(26(33)35)23(24-14(2)11-29-31(24)3)30-22(21(25)27)19-16(28)7-6-8-17(19)36-4/h5-8,11,15H,1,9-10,12-13H2,2-4H3/t15-/m1/s1. The van der Waals surface area contributed by atoms with Gasteiger partial charge in [0.05, 0.1) is 30.6 Å². The lowest BCUT2D eigenvalue weighted by Crippen LogP contribution is -2.57. The number of aryl methyl sites for hydroxylation is 2. The number of halogens is 2. The van der Waals surface area contributed by atoms with E-state index < -0.39 is 11.9 Å². The normalized spacial score (nSPS) is 17.0. The van der Waals surface area contributed by atoms with Crippen molar-refractivity contribution in [1.29, 1.82) is 0 Å². The Bertz CT molecular complexity index is 1420.